The molecular formula is C17H17ClN2O4. The van der Waals surface area contributed by atoms with Gasteiger partial charge in [-0.1, -0.05) is 23.7 Å². The Morgan fingerprint density at radius 3 is 2.58 bits per heavy atom. The van der Waals surface area contributed by atoms with Crippen LogP contribution in [-0.4, -0.2) is 33.4 Å². The second-order valence-electron chi connectivity index (χ2n) is 5.92. The number of carboxylic acids is 1. The van der Waals surface area contributed by atoms with Crippen molar-refractivity contribution in [3.63, 3.8) is 0 Å². The highest BCUT2D eigenvalue weighted by Gasteiger charge is 2.32. The summed E-state index contributed by atoms with van der Waals surface area (Å²) in [6.45, 7) is 1.44. The van der Waals surface area contributed by atoms with Crippen LogP contribution in [0.3, 0.4) is 0 Å². The molecule has 0 spiro atoms. The number of aryl methyl sites for hydroxylation is 1. The van der Waals surface area contributed by atoms with Crippen molar-refractivity contribution in [3.8, 4) is 0 Å². The Balaban J connectivity index is 1.82. The number of hydrogen-bond acceptors (Lipinski definition) is 4. The van der Waals surface area contributed by atoms with E-state index in [-0.39, 0.29) is 18.2 Å². The van der Waals surface area contributed by atoms with Crippen molar-refractivity contribution in [3.05, 3.63) is 52.2 Å². The van der Waals surface area contributed by atoms with Crippen LogP contribution < -0.4 is 0 Å². The fourth-order valence-corrected chi connectivity index (χ4v) is 2.56. The molecule has 1 aliphatic rings. The van der Waals surface area contributed by atoms with Crippen LogP contribution in [-0.2, 0) is 11.3 Å². The van der Waals surface area contributed by atoms with Crippen LogP contribution in [0, 0.1) is 6.92 Å². The van der Waals surface area contributed by atoms with Crippen LogP contribution in [0.15, 0.2) is 28.7 Å². The summed E-state index contributed by atoms with van der Waals surface area (Å²) in [4.78, 5) is 29.4. The van der Waals surface area contributed by atoms with Crippen LogP contribution >= 0.6 is 11.6 Å². The number of carbonyl (C=O) groups excluding carboxylic acids is 1. The maximum Gasteiger partial charge on any atom is 0.323 e. The van der Waals surface area contributed by atoms with Crippen LogP contribution in [0.25, 0.3) is 0 Å². The number of rotatable bonds is 6. The Hall–Kier alpha value is -2.34. The number of aliphatic carboxylic acids is 1. The Kier molecular flexibility index (Phi) is 4.57. The molecule has 1 saturated carbocycles. The van der Waals surface area contributed by atoms with Gasteiger partial charge < -0.3 is 14.4 Å². The van der Waals surface area contributed by atoms with Crippen LogP contribution in [0.4, 0.5) is 0 Å². The molecule has 2 aromatic rings. The quantitative estimate of drug-likeness (QED) is 0.866. The van der Waals surface area contributed by atoms with Gasteiger partial charge in [-0.15, -0.1) is 0 Å². The average molecular weight is 349 g/mol. The zero-order valence-corrected chi connectivity index (χ0v) is 13.9. The number of nitrogens with zero attached hydrogens (tertiary/aromatic N) is 2. The normalized spacial score (nSPS) is 13.8. The first-order valence-corrected chi connectivity index (χ1v) is 8.04. The molecule has 7 heteroatoms. The monoisotopic (exact) mass is 348 g/mol. The Morgan fingerprint density at radius 1 is 1.33 bits per heavy atom. The van der Waals surface area contributed by atoms with E-state index in [0.717, 1.165) is 18.4 Å². The molecular weight excluding hydrogens is 332 g/mol. The minimum atomic E-state index is -1.09. The van der Waals surface area contributed by atoms with E-state index in [1.165, 1.54) is 4.90 Å². The Bertz CT molecular complexity index is 765. The number of carbonyl (C=O) groups is 2. The van der Waals surface area contributed by atoms with Crippen molar-refractivity contribution in [1.29, 1.82) is 0 Å². The fraction of sp³-hybridized carbons (Fsp3) is 0.353. The lowest BCUT2D eigenvalue weighted by Crippen LogP contribution is -2.35. The molecule has 1 amide bonds. The second-order valence-corrected chi connectivity index (χ2v) is 6.36. The first kappa shape index (κ1) is 16.5. The molecule has 1 aromatic heterocycles. The van der Waals surface area contributed by atoms with Gasteiger partial charge in [-0.3, -0.25) is 9.59 Å². The first-order chi connectivity index (χ1) is 11.4. The van der Waals surface area contributed by atoms with Crippen molar-refractivity contribution >= 4 is 23.5 Å². The van der Waals surface area contributed by atoms with Gasteiger partial charge in [-0.05, 0) is 37.5 Å². The highest BCUT2D eigenvalue weighted by Crippen LogP contribution is 2.40. The van der Waals surface area contributed by atoms with E-state index >= 15 is 0 Å². The molecule has 0 aliphatic heterocycles. The third-order valence-electron chi connectivity index (χ3n) is 3.83. The summed E-state index contributed by atoms with van der Waals surface area (Å²) in [7, 11) is 0. The summed E-state index contributed by atoms with van der Waals surface area (Å²) in [5, 5.41) is 9.69. The summed E-state index contributed by atoms with van der Waals surface area (Å²) < 4.78 is 5.60. The SMILES string of the molecule is Cc1nc(C2CC2)oc1C(=O)N(CC(=O)O)Cc1ccc(Cl)cc1. The summed E-state index contributed by atoms with van der Waals surface area (Å²) >= 11 is 5.85. The molecule has 1 aliphatic carbocycles. The summed E-state index contributed by atoms with van der Waals surface area (Å²) in [6.07, 6.45) is 2.02. The maximum atomic E-state index is 12.7. The Labute approximate surface area is 144 Å². The van der Waals surface area contributed by atoms with Crippen molar-refractivity contribution < 1.29 is 19.1 Å². The van der Waals surface area contributed by atoms with Crippen molar-refractivity contribution in [2.45, 2.75) is 32.2 Å². The number of benzene rings is 1. The molecule has 1 N–H and O–H groups in total. The number of amides is 1. The first-order valence-electron chi connectivity index (χ1n) is 7.67. The molecule has 126 valence electrons. The lowest BCUT2D eigenvalue weighted by molar-refractivity contribution is -0.137. The van der Waals surface area contributed by atoms with E-state index in [1.54, 1.807) is 31.2 Å². The number of carboxylic acid groups (broad SMARTS) is 1. The van der Waals surface area contributed by atoms with Crippen LogP contribution in [0.1, 0.15) is 46.5 Å². The van der Waals surface area contributed by atoms with E-state index in [2.05, 4.69) is 4.98 Å². The highest BCUT2D eigenvalue weighted by atomic mass is 35.5. The number of halogens is 1. The lowest BCUT2D eigenvalue weighted by Gasteiger charge is -2.19. The van der Waals surface area contributed by atoms with Gasteiger partial charge in [0.25, 0.3) is 5.91 Å². The molecule has 1 aromatic carbocycles. The molecule has 24 heavy (non-hydrogen) atoms. The van der Waals surface area contributed by atoms with E-state index in [9.17, 15) is 9.59 Å². The standard InChI is InChI=1S/C17H17ClN2O4/c1-10-15(24-16(19-10)12-4-5-12)17(23)20(9-14(21)22)8-11-2-6-13(18)7-3-11/h2-3,6-7,12H,4-5,8-9H2,1H3,(H,21,22). The summed E-state index contributed by atoms with van der Waals surface area (Å²) in [5.41, 5.74) is 1.28. The van der Waals surface area contributed by atoms with Gasteiger partial charge in [0, 0.05) is 17.5 Å². The highest BCUT2D eigenvalue weighted by molar-refractivity contribution is 6.30. The topological polar surface area (TPSA) is 83.6 Å². The minimum Gasteiger partial charge on any atom is -0.480 e. The summed E-state index contributed by atoms with van der Waals surface area (Å²) in [5.74, 6) is -0.583. The van der Waals surface area contributed by atoms with Crippen molar-refractivity contribution in [2.75, 3.05) is 6.54 Å². The zero-order valence-electron chi connectivity index (χ0n) is 13.2. The van der Waals surface area contributed by atoms with Gasteiger partial charge in [-0.25, -0.2) is 4.98 Å². The molecule has 0 radical (unpaired) electrons. The predicted octanol–water partition coefficient (Wildman–Crippen LogP) is 3.24. The molecule has 3 rings (SSSR count). The number of oxazole rings is 1. The summed E-state index contributed by atoms with van der Waals surface area (Å²) in [6, 6.07) is 6.91. The van der Waals surface area contributed by atoms with E-state index < -0.39 is 18.4 Å². The minimum absolute atomic E-state index is 0.118. The average Bonchev–Trinajstić information content (AvgIpc) is 3.30. The number of aromatic nitrogens is 1. The fourth-order valence-electron chi connectivity index (χ4n) is 2.44. The van der Waals surface area contributed by atoms with Crippen molar-refractivity contribution in [1.82, 2.24) is 9.88 Å². The van der Waals surface area contributed by atoms with Crippen LogP contribution in [0.2, 0.25) is 5.02 Å². The lowest BCUT2D eigenvalue weighted by atomic mass is 10.2. The molecule has 0 saturated heterocycles. The van der Waals surface area contributed by atoms with Gasteiger partial charge in [0.1, 0.15) is 6.54 Å². The van der Waals surface area contributed by atoms with E-state index in [1.807, 2.05) is 0 Å². The molecule has 0 bridgehead atoms. The third-order valence-corrected chi connectivity index (χ3v) is 4.09. The van der Waals surface area contributed by atoms with Gasteiger partial charge in [0.15, 0.2) is 5.89 Å². The van der Waals surface area contributed by atoms with Crippen LogP contribution in [0.5, 0.6) is 0 Å². The van der Waals surface area contributed by atoms with E-state index in [4.69, 9.17) is 21.1 Å². The van der Waals surface area contributed by atoms with Crippen molar-refractivity contribution in [2.24, 2.45) is 0 Å². The molecule has 6 nitrogen and oxygen atoms in total. The third kappa shape index (κ3) is 3.76. The van der Waals surface area contributed by atoms with Gasteiger partial charge in [0.2, 0.25) is 5.76 Å². The largest absolute Gasteiger partial charge is 0.480 e. The second kappa shape index (κ2) is 6.65. The number of hydrogen-bond donors (Lipinski definition) is 1. The molecule has 0 unspecified atom stereocenters. The molecule has 1 fully saturated rings. The van der Waals surface area contributed by atoms with E-state index in [0.29, 0.717) is 16.6 Å². The predicted molar refractivity (Wildman–Crippen MR) is 87.0 cm³/mol. The smallest absolute Gasteiger partial charge is 0.323 e. The zero-order chi connectivity index (χ0) is 17.3. The molecule has 1 heterocycles. The maximum absolute atomic E-state index is 12.7. The van der Waals surface area contributed by atoms with Gasteiger partial charge >= 0.3 is 5.97 Å². The van der Waals surface area contributed by atoms with Gasteiger partial charge in [0.05, 0.1) is 5.69 Å². The van der Waals surface area contributed by atoms with Gasteiger partial charge in [-0.2, -0.15) is 0 Å². The Morgan fingerprint density at radius 2 is 2.00 bits per heavy atom. The molecule has 0 atom stereocenters.